The van der Waals surface area contributed by atoms with Gasteiger partial charge in [0, 0.05) is 19.6 Å². The normalized spacial score (nSPS) is 13.4. The summed E-state index contributed by atoms with van der Waals surface area (Å²) in [5.74, 6) is -2.16. The van der Waals surface area contributed by atoms with Crippen molar-refractivity contribution in [3.8, 4) is 0 Å². The van der Waals surface area contributed by atoms with E-state index in [1.165, 1.54) is 4.57 Å². The zero-order valence-electron chi connectivity index (χ0n) is 17.5. The predicted molar refractivity (Wildman–Crippen MR) is 111 cm³/mol. The molecule has 2 aromatic rings. The molecule has 0 aliphatic rings. The molecule has 2 atom stereocenters. The largest absolute Gasteiger partial charge is 0.479 e. The second-order valence-electron chi connectivity index (χ2n) is 7.54. The summed E-state index contributed by atoms with van der Waals surface area (Å²) < 4.78 is 1.29. The summed E-state index contributed by atoms with van der Waals surface area (Å²) in [7, 11) is 3.71. The predicted octanol–water partition coefficient (Wildman–Crippen LogP) is -0.499. The molecule has 10 heteroatoms. The summed E-state index contributed by atoms with van der Waals surface area (Å²) in [4.78, 5) is 42.6. The molecule has 4 N–H and O–H groups in total. The van der Waals surface area contributed by atoms with Crippen molar-refractivity contribution >= 4 is 22.9 Å². The average Bonchev–Trinajstić information content (AvgIpc) is 2.67. The van der Waals surface area contributed by atoms with Gasteiger partial charge in [-0.3, -0.25) is 9.59 Å². The number of benzene rings is 1. The number of hydrogen-bond donors (Lipinski definition) is 4. The van der Waals surface area contributed by atoms with Crippen molar-refractivity contribution < 1.29 is 24.9 Å². The van der Waals surface area contributed by atoms with E-state index in [-0.39, 0.29) is 18.7 Å². The minimum Gasteiger partial charge on any atom is -0.479 e. The smallest absolute Gasteiger partial charge is 0.335 e. The number of carboxylic acids is 1. The Morgan fingerprint density at radius 3 is 2.43 bits per heavy atom. The number of fused-ring (bicyclic) bond motifs is 1. The van der Waals surface area contributed by atoms with E-state index in [1.54, 1.807) is 12.1 Å². The summed E-state index contributed by atoms with van der Waals surface area (Å²) in [6.45, 7) is 4.58. The minimum atomic E-state index is -1.97. The van der Waals surface area contributed by atoms with E-state index in [2.05, 4.69) is 10.3 Å². The van der Waals surface area contributed by atoms with Crippen molar-refractivity contribution in [3.05, 3.63) is 39.3 Å². The van der Waals surface area contributed by atoms with Crippen LogP contribution < -0.4 is 10.9 Å². The van der Waals surface area contributed by atoms with Crippen LogP contribution in [0.25, 0.3) is 11.0 Å². The van der Waals surface area contributed by atoms with Gasteiger partial charge in [0.05, 0.1) is 17.1 Å². The highest BCUT2D eigenvalue weighted by Crippen LogP contribution is 2.18. The molecule has 0 bridgehead atoms. The van der Waals surface area contributed by atoms with Crippen molar-refractivity contribution in [1.29, 1.82) is 0 Å². The lowest BCUT2D eigenvalue weighted by atomic mass is 10.1. The van der Waals surface area contributed by atoms with Crippen molar-refractivity contribution in [3.63, 3.8) is 0 Å². The van der Waals surface area contributed by atoms with E-state index < -0.39 is 29.6 Å². The van der Waals surface area contributed by atoms with Crippen LogP contribution in [-0.4, -0.2) is 81.0 Å². The van der Waals surface area contributed by atoms with E-state index in [9.17, 15) is 24.6 Å². The summed E-state index contributed by atoms with van der Waals surface area (Å²) >= 11 is 0. The third-order valence-electron chi connectivity index (χ3n) is 4.89. The second kappa shape index (κ2) is 9.79. The Labute approximate surface area is 173 Å². The van der Waals surface area contributed by atoms with Crippen LogP contribution in [0.4, 0.5) is 0 Å². The average molecular weight is 420 g/mol. The Morgan fingerprint density at radius 2 is 1.83 bits per heavy atom. The van der Waals surface area contributed by atoms with Gasteiger partial charge in [-0.1, -0.05) is 0 Å². The van der Waals surface area contributed by atoms with E-state index in [4.69, 9.17) is 5.11 Å². The maximum atomic E-state index is 13.0. The first-order valence-electron chi connectivity index (χ1n) is 9.56. The lowest BCUT2D eigenvalue weighted by molar-refractivity contribution is -0.153. The molecular formula is C20H28N4O6. The van der Waals surface area contributed by atoms with Gasteiger partial charge in [0.1, 0.15) is 0 Å². The fourth-order valence-electron chi connectivity index (χ4n) is 2.93. The highest BCUT2D eigenvalue weighted by atomic mass is 16.4. The number of aliphatic carboxylic acids is 1. The molecule has 0 radical (unpaired) electrons. The molecule has 0 fully saturated rings. The third-order valence-corrected chi connectivity index (χ3v) is 4.89. The molecule has 1 heterocycles. The number of carbonyl (C=O) groups excluding carboxylic acids is 1. The number of likely N-dealkylation sites (N-methyl/N-ethyl adjacent to an activating group) is 1. The maximum Gasteiger partial charge on any atom is 0.335 e. The number of nitrogens with zero attached hydrogens (tertiary/aromatic N) is 3. The van der Waals surface area contributed by atoms with Crippen molar-refractivity contribution in [2.24, 2.45) is 0 Å². The number of aliphatic hydroxyl groups is 2. The van der Waals surface area contributed by atoms with E-state index in [0.29, 0.717) is 24.1 Å². The second-order valence-corrected chi connectivity index (χ2v) is 7.54. The van der Waals surface area contributed by atoms with Gasteiger partial charge in [0.15, 0.2) is 11.8 Å². The molecule has 10 nitrogen and oxygen atoms in total. The van der Waals surface area contributed by atoms with Crippen LogP contribution in [0.5, 0.6) is 0 Å². The molecule has 0 spiro atoms. The fraction of sp³-hybridized carbons (Fsp3) is 0.500. The van der Waals surface area contributed by atoms with Crippen molar-refractivity contribution in [1.82, 2.24) is 19.8 Å². The van der Waals surface area contributed by atoms with Gasteiger partial charge in [-0.25, -0.2) is 9.78 Å². The zero-order chi connectivity index (χ0) is 22.6. The highest BCUT2D eigenvalue weighted by Gasteiger charge is 2.24. The molecule has 164 valence electrons. The number of aryl methyl sites for hydroxylation is 3. The van der Waals surface area contributed by atoms with Crippen molar-refractivity contribution in [2.45, 2.75) is 39.0 Å². The van der Waals surface area contributed by atoms with Crippen LogP contribution in [0.15, 0.2) is 16.9 Å². The number of carboxylic acid groups (broad SMARTS) is 1. The van der Waals surface area contributed by atoms with Gasteiger partial charge >= 0.3 is 5.97 Å². The molecule has 0 aliphatic heterocycles. The first kappa shape index (κ1) is 23.5. The van der Waals surface area contributed by atoms with Crippen LogP contribution in [0.3, 0.4) is 0 Å². The molecule has 30 heavy (non-hydrogen) atoms. The number of nitrogens with one attached hydrogen (secondary N) is 1. The van der Waals surface area contributed by atoms with Gasteiger partial charge in [-0.15, -0.1) is 0 Å². The number of rotatable bonds is 9. The number of aromatic nitrogens is 2. The Kier molecular flexibility index (Phi) is 7.65. The quantitative estimate of drug-likeness (QED) is 0.425. The fourth-order valence-corrected chi connectivity index (χ4v) is 2.93. The minimum absolute atomic E-state index is 0.0934. The maximum absolute atomic E-state index is 13.0. The van der Waals surface area contributed by atoms with Crippen molar-refractivity contribution in [2.75, 3.05) is 27.2 Å². The van der Waals surface area contributed by atoms with Crippen LogP contribution >= 0.6 is 0 Å². The molecule has 1 amide bonds. The van der Waals surface area contributed by atoms with E-state index >= 15 is 0 Å². The lowest BCUT2D eigenvalue weighted by Crippen LogP contribution is -2.39. The van der Waals surface area contributed by atoms with Gasteiger partial charge in [-0.2, -0.15) is 0 Å². The standard InChI is InChI=1S/C20H28N4O6/c1-11-9-13-14(10-12(11)2)24(7-5-15(25)17(26)20(29)30)19(28)16(22-13)18(27)21-6-8-23(3)4/h9-10,15,17,25-26H,5-8H2,1-4H3,(H,21,27)(H,29,30)/t15-,17-/m0/s1. The number of aliphatic hydroxyl groups excluding tert-OH is 2. The topological polar surface area (TPSA) is 145 Å². The van der Waals surface area contributed by atoms with Crippen LogP contribution in [0.1, 0.15) is 28.0 Å². The van der Waals surface area contributed by atoms with Gasteiger partial charge in [-0.05, 0) is 57.6 Å². The van der Waals surface area contributed by atoms with Gasteiger partial charge in [0.2, 0.25) is 0 Å². The molecule has 0 unspecified atom stereocenters. The molecular weight excluding hydrogens is 392 g/mol. The van der Waals surface area contributed by atoms with Crippen LogP contribution in [0.2, 0.25) is 0 Å². The molecule has 0 saturated carbocycles. The first-order chi connectivity index (χ1) is 14.0. The SMILES string of the molecule is Cc1cc2nc(C(=O)NCCN(C)C)c(=O)n(CC[C@H](O)[C@H](O)C(=O)O)c2cc1C. The third kappa shape index (κ3) is 5.41. The summed E-state index contributed by atoms with van der Waals surface area (Å²) in [5, 5.41) is 30.9. The lowest BCUT2D eigenvalue weighted by Gasteiger charge is -2.17. The monoisotopic (exact) mass is 420 g/mol. The first-order valence-corrected chi connectivity index (χ1v) is 9.56. The Bertz CT molecular complexity index is 1000. The van der Waals surface area contributed by atoms with E-state index in [1.807, 2.05) is 32.8 Å². The van der Waals surface area contributed by atoms with Gasteiger partial charge < -0.3 is 30.1 Å². The molecule has 1 aromatic heterocycles. The Hall–Kier alpha value is -2.82. The number of hydrogen-bond acceptors (Lipinski definition) is 7. The van der Waals surface area contributed by atoms with Gasteiger partial charge in [0.25, 0.3) is 11.5 Å². The highest BCUT2D eigenvalue weighted by molar-refractivity contribution is 5.94. The Balaban J connectivity index is 2.45. The molecule has 2 rings (SSSR count). The van der Waals surface area contributed by atoms with E-state index in [0.717, 1.165) is 11.1 Å². The molecule has 0 saturated heterocycles. The summed E-state index contributed by atoms with van der Waals surface area (Å²) in [6, 6.07) is 3.52. The van der Waals surface area contributed by atoms with Crippen LogP contribution in [-0.2, 0) is 11.3 Å². The number of carbonyl (C=O) groups is 2. The number of amides is 1. The van der Waals surface area contributed by atoms with Crippen LogP contribution in [0, 0.1) is 13.8 Å². The Morgan fingerprint density at radius 1 is 1.20 bits per heavy atom. The zero-order valence-corrected chi connectivity index (χ0v) is 17.5. The summed E-state index contributed by atoms with van der Waals surface area (Å²) in [6.07, 6.45) is -3.73. The molecule has 1 aromatic carbocycles. The summed E-state index contributed by atoms with van der Waals surface area (Å²) in [5.41, 5.74) is 1.81. The molecule has 0 aliphatic carbocycles.